The van der Waals surface area contributed by atoms with Gasteiger partial charge in [-0.2, -0.15) is 5.10 Å². The molecule has 4 rings (SSSR count). The van der Waals surface area contributed by atoms with Gasteiger partial charge in [0.2, 0.25) is 0 Å². The number of carbonyl (C=O) groups is 2. The highest BCUT2D eigenvalue weighted by molar-refractivity contribution is 6.10. The lowest BCUT2D eigenvalue weighted by Crippen LogP contribution is -2.52. The zero-order valence-electron chi connectivity index (χ0n) is 11.5. The van der Waals surface area contributed by atoms with Crippen LogP contribution in [0.1, 0.15) is 30.7 Å². The highest BCUT2D eigenvalue weighted by Crippen LogP contribution is 2.39. The van der Waals surface area contributed by atoms with Crippen LogP contribution in [-0.4, -0.2) is 37.7 Å². The minimum Gasteiger partial charge on any atom is -0.477 e. The van der Waals surface area contributed by atoms with Crippen LogP contribution in [0.3, 0.4) is 0 Å². The number of aryl methyl sites for hydroxylation is 2. The van der Waals surface area contributed by atoms with Gasteiger partial charge in [0.05, 0.1) is 11.7 Å². The maximum absolute atomic E-state index is 12.1. The zero-order chi connectivity index (χ0) is 14.6. The maximum atomic E-state index is 12.1. The molecule has 4 heterocycles. The van der Waals surface area contributed by atoms with Gasteiger partial charge >= 0.3 is 5.97 Å². The predicted octanol–water partition coefficient (Wildman–Crippen LogP) is 1.19. The highest BCUT2D eigenvalue weighted by atomic mass is 16.4. The molecule has 1 fully saturated rings. The molecule has 21 heavy (non-hydrogen) atoms. The summed E-state index contributed by atoms with van der Waals surface area (Å²) in [5.74, 6) is -1.25. The summed E-state index contributed by atoms with van der Waals surface area (Å²) in [5.41, 5.74) is 2.79. The minimum absolute atomic E-state index is 0.103. The van der Waals surface area contributed by atoms with E-state index in [9.17, 15) is 9.59 Å². The van der Waals surface area contributed by atoms with Crippen LogP contribution in [0.5, 0.6) is 0 Å². The van der Waals surface area contributed by atoms with Gasteiger partial charge in [0.25, 0.3) is 5.91 Å². The standard InChI is InChI=1S/C15H15N3O3/c19-14-11(12-4-5-13(15(20)21)18(12)14)8-9-7-10-3-1-2-6-17(10)16-9/h5,7-8,12H,1-4,6H2,(H,20,21). The van der Waals surface area contributed by atoms with Crippen molar-refractivity contribution in [3.8, 4) is 0 Å². The SMILES string of the molecule is O=C(O)C1=CCC2C(=Cc3cc4n(n3)CCCC4)C(=O)N12. The van der Waals surface area contributed by atoms with Gasteiger partial charge < -0.3 is 5.11 Å². The molecule has 0 aromatic carbocycles. The molecule has 0 spiro atoms. The first-order valence-corrected chi connectivity index (χ1v) is 7.20. The molecule has 1 unspecified atom stereocenters. The molecule has 0 radical (unpaired) electrons. The Hall–Kier alpha value is -2.37. The number of β-lactam (4-membered cyclic amide) rings is 1. The monoisotopic (exact) mass is 285 g/mol. The highest BCUT2D eigenvalue weighted by Gasteiger charge is 2.48. The molecule has 1 aromatic rings. The molecule has 1 saturated heterocycles. The van der Waals surface area contributed by atoms with E-state index in [1.807, 2.05) is 16.8 Å². The van der Waals surface area contributed by atoms with E-state index in [0.717, 1.165) is 25.1 Å². The van der Waals surface area contributed by atoms with Crippen LogP contribution in [-0.2, 0) is 22.6 Å². The number of fused-ring (bicyclic) bond motifs is 2. The second-order valence-electron chi connectivity index (χ2n) is 5.66. The third kappa shape index (κ3) is 1.75. The lowest BCUT2D eigenvalue weighted by atomic mass is 9.93. The molecule has 6 heteroatoms. The van der Waals surface area contributed by atoms with E-state index in [4.69, 9.17) is 5.11 Å². The Morgan fingerprint density at radius 1 is 1.43 bits per heavy atom. The molecule has 108 valence electrons. The number of amides is 1. The van der Waals surface area contributed by atoms with Crippen LogP contribution in [0.25, 0.3) is 6.08 Å². The van der Waals surface area contributed by atoms with Crippen molar-refractivity contribution in [3.63, 3.8) is 0 Å². The van der Waals surface area contributed by atoms with Crippen LogP contribution in [0.4, 0.5) is 0 Å². The number of rotatable bonds is 2. The van der Waals surface area contributed by atoms with Crippen LogP contribution < -0.4 is 0 Å². The van der Waals surface area contributed by atoms with E-state index in [-0.39, 0.29) is 17.6 Å². The Bertz CT molecular complexity index is 690. The van der Waals surface area contributed by atoms with Crippen molar-refractivity contribution in [2.24, 2.45) is 0 Å². The Morgan fingerprint density at radius 3 is 3.05 bits per heavy atom. The molecular formula is C15H15N3O3. The average Bonchev–Trinajstić information content (AvgIpc) is 3.05. The Balaban J connectivity index is 1.60. The molecule has 0 aliphatic carbocycles. The molecule has 3 aliphatic heterocycles. The summed E-state index contributed by atoms with van der Waals surface area (Å²) in [7, 11) is 0. The summed E-state index contributed by atoms with van der Waals surface area (Å²) >= 11 is 0. The van der Waals surface area contributed by atoms with Gasteiger partial charge in [-0.05, 0) is 37.8 Å². The average molecular weight is 285 g/mol. The smallest absolute Gasteiger partial charge is 0.352 e. The van der Waals surface area contributed by atoms with Gasteiger partial charge in [-0.15, -0.1) is 0 Å². The van der Waals surface area contributed by atoms with Gasteiger partial charge in [-0.1, -0.05) is 6.08 Å². The summed E-state index contributed by atoms with van der Waals surface area (Å²) in [6.45, 7) is 0.937. The molecule has 0 bridgehead atoms. The third-order valence-electron chi connectivity index (χ3n) is 4.39. The van der Waals surface area contributed by atoms with Gasteiger partial charge in [-0.3, -0.25) is 14.4 Å². The topological polar surface area (TPSA) is 75.4 Å². The number of carbonyl (C=O) groups excluding carboxylic acids is 1. The van der Waals surface area contributed by atoms with Crippen molar-refractivity contribution in [1.82, 2.24) is 14.7 Å². The normalized spacial score (nSPS) is 25.4. The Kier molecular flexibility index (Phi) is 2.54. The van der Waals surface area contributed by atoms with Gasteiger partial charge in [0.15, 0.2) is 0 Å². The van der Waals surface area contributed by atoms with Crippen LogP contribution in [0.15, 0.2) is 23.4 Å². The number of carboxylic acids is 1. The van der Waals surface area contributed by atoms with Crippen molar-refractivity contribution >= 4 is 18.0 Å². The molecule has 1 aromatic heterocycles. The largest absolute Gasteiger partial charge is 0.477 e. The summed E-state index contributed by atoms with van der Waals surface area (Å²) < 4.78 is 2.01. The second-order valence-corrected chi connectivity index (χ2v) is 5.66. The van der Waals surface area contributed by atoms with E-state index < -0.39 is 5.97 Å². The zero-order valence-corrected chi connectivity index (χ0v) is 11.5. The van der Waals surface area contributed by atoms with Gasteiger partial charge in [0, 0.05) is 17.8 Å². The number of nitrogens with zero attached hydrogens (tertiary/aromatic N) is 3. The van der Waals surface area contributed by atoms with E-state index in [2.05, 4.69) is 5.10 Å². The third-order valence-corrected chi connectivity index (χ3v) is 4.39. The van der Waals surface area contributed by atoms with E-state index in [0.29, 0.717) is 12.0 Å². The lowest BCUT2D eigenvalue weighted by Gasteiger charge is -2.38. The number of aromatic nitrogens is 2. The Labute approximate surface area is 121 Å². The first-order valence-electron chi connectivity index (χ1n) is 7.20. The predicted molar refractivity (Wildman–Crippen MR) is 74.1 cm³/mol. The Morgan fingerprint density at radius 2 is 2.29 bits per heavy atom. The first kappa shape index (κ1) is 12.4. The number of aliphatic carboxylic acids is 1. The van der Waals surface area contributed by atoms with Crippen molar-refractivity contribution in [2.45, 2.75) is 38.3 Å². The quantitative estimate of drug-likeness (QED) is 0.654. The molecule has 1 atom stereocenters. The fourth-order valence-corrected chi connectivity index (χ4v) is 3.35. The first-order chi connectivity index (χ1) is 10.1. The summed E-state index contributed by atoms with van der Waals surface area (Å²) in [6.07, 6.45) is 7.36. The maximum Gasteiger partial charge on any atom is 0.352 e. The molecular weight excluding hydrogens is 270 g/mol. The van der Waals surface area contributed by atoms with Crippen molar-refractivity contribution < 1.29 is 14.7 Å². The van der Waals surface area contributed by atoms with E-state index in [1.165, 1.54) is 17.0 Å². The number of hydrogen-bond donors (Lipinski definition) is 1. The fraction of sp³-hybridized carbons (Fsp3) is 0.400. The van der Waals surface area contributed by atoms with Gasteiger partial charge in [-0.25, -0.2) is 4.79 Å². The molecule has 1 N–H and O–H groups in total. The molecule has 3 aliphatic rings. The minimum atomic E-state index is -1.04. The van der Waals surface area contributed by atoms with Crippen molar-refractivity contribution in [3.05, 3.63) is 34.8 Å². The van der Waals surface area contributed by atoms with E-state index in [1.54, 1.807) is 6.08 Å². The second kappa shape index (κ2) is 4.31. The molecule has 0 saturated carbocycles. The number of carboxylic acid groups (broad SMARTS) is 1. The summed E-state index contributed by atoms with van der Waals surface area (Å²) in [4.78, 5) is 24.5. The van der Waals surface area contributed by atoms with Crippen LogP contribution >= 0.6 is 0 Å². The van der Waals surface area contributed by atoms with Gasteiger partial charge in [0.1, 0.15) is 5.70 Å². The fourth-order valence-electron chi connectivity index (χ4n) is 3.35. The molecule has 1 amide bonds. The molecule has 6 nitrogen and oxygen atoms in total. The van der Waals surface area contributed by atoms with Crippen molar-refractivity contribution in [2.75, 3.05) is 0 Å². The summed E-state index contributed by atoms with van der Waals surface area (Å²) in [5, 5.41) is 13.6. The number of hydrogen-bond acceptors (Lipinski definition) is 3. The van der Waals surface area contributed by atoms with E-state index >= 15 is 0 Å². The summed E-state index contributed by atoms with van der Waals surface area (Å²) in [6, 6.07) is 1.91. The van der Waals surface area contributed by atoms with Crippen molar-refractivity contribution in [1.29, 1.82) is 0 Å². The van der Waals surface area contributed by atoms with Crippen LogP contribution in [0.2, 0.25) is 0 Å². The van der Waals surface area contributed by atoms with Crippen LogP contribution in [0, 0.1) is 0 Å². The lowest BCUT2D eigenvalue weighted by molar-refractivity contribution is -0.142.